The van der Waals surface area contributed by atoms with Gasteiger partial charge in [-0.15, -0.1) is 0 Å². The average molecular weight is 380 g/mol. The number of ether oxygens (including phenoxy) is 2. The average Bonchev–Trinajstić information content (AvgIpc) is 2.70. The highest BCUT2D eigenvalue weighted by molar-refractivity contribution is 5.90. The van der Waals surface area contributed by atoms with Crippen LogP contribution in [0.3, 0.4) is 0 Å². The monoisotopic (exact) mass is 380 g/mol. The molecule has 1 heterocycles. The van der Waals surface area contributed by atoms with Gasteiger partial charge in [-0.05, 0) is 55.0 Å². The molecule has 0 saturated heterocycles. The van der Waals surface area contributed by atoms with E-state index in [-0.39, 0.29) is 6.61 Å². The SMILES string of the molecule is CCOC(=O)c1cncc(-c2cccc(OC(=O)Nc3ccc(F)cc3)c2)c1. The van der Waals surface area contributed by atoms with Gasteiger partial charge in [-0.1, -0.05) is 12.1 Å². The predicted molar refractivity (Wildman–Crippen MR) is 102 cm³/mol. The van der Waals surface area contributed by atoms with Crippen LogP contribution in [-0.2, 0) is 4.74 Å². The van der Waals surface area contributed by atoms with Crippen molar-refractivity contribution in [2.75, 3.05) is 11.9 Å². The quantitative estimate of drug-likeness (QED) is 0.651. The Morgan fingerprint density at radius 3 is 2.57 bits per heavy atom. The molecule has 6 nitrogen and oxygen atoms in total. The van der Waals surface area contributed by atoms with Crippen LogP contribution in [0.2, 0.25) is 0 Å². The topological polar surface area (TPSA) is 77.5 Å². The van der Waals surface area contributed by atoms with E-state index in [9.17, 15) is 14.0 Å². The van der Waals surface area contributed by atoms with Gasteiger partial charge in [0.25, 0.3) is 0 Å². The Morgan fingerprint density at radius 1 is 1.04 bits per heavy atom. The standard InChI is InChI=1S/C21H17FN2O4/c1-2-27-20(25)16-10-15(12-23-13-16)14-4-3-5-19(11-14)28-21(26)24-18-8-6-17(22)7-9-18/h3-13H,2H2,1H3,(H,24,26). The number of nitrogens with zero attached hydrogens (tertiary/aromatic N) is 1. The van der Waals surface area contributed by atoms with E-state index in [1.165, 1.54) is 30.5 Å². The fourth-order valence-corrected chi connectivity index (χ4v) is 2.45. The number of benzene rings is 2. The summed E-state index contributed by atoms with van der Waals surface area (Å²) in [5, 5.41) is 2.51. The van der Waals surface area contributed by atoms with Crippen molar-refractivity contribution >= 4 is 17.7 Å². The summed E-state index contributed by atoms with van der Waals surface area (Å²) >= 11 is 0. The third-order valence-corrected chi connectivity index (χ3v) is 3.72. The van der Waals surface area contributed by atoms with Gasteiger partial charge in [-0.3, -0.25) is 10.3 Å². The van der Waals surface area contributed by atoms with Crippen LogP contribution in [0.4, 0.5) is 14.9 Å². The van der Waals surface area contributed by atoms with E-state index in [1.807, 2.05) is 0 Å². The number of rotatable bonds is 5. The summed E-state index contributed by atoms with van der Waals surface area (Å²) in [6.45, 7) is 2.00. The molecule has 142 valence electrons. The zero-order valence-corrected chi connectivity index (χ0v) is 15.0. The molecule has 0 radical (unpaired) electrons. The van der Waals surface area contributed by atoms with Crippen LogP contribution in [0.15, 0.2) is 67.0 Å². The van der Waals surface area contributed by atoms with Crippen molar-refractivity contribution in [3.63, 3.8) is 0 Å². The molecule has 0 unspecified atom stereocenters. The second-order valence-corrected chi connectivity index (χ2v) is 5.73. The number of aromatic nitrogens is 1. The Hall–Kier alpha value is -3.74. The summed E-state index contributed by atoms with van der Waals surface area (Å²) in [5.41, 5.74) is 2.13. The second kappa shape index (κ2) is 8.77. The van der Waals surface area contributed by atoms with Gasteiger partial charge in [-0.25, -0.2) is 14.0 Å². The van der Waals surface area contributed by atoms with Gasteiger partial charge in [0.2, 0.25) is 0 Å². The normalized spacial score (nSPS) is 10.2. The highest BCUT2D eigenvalue weighted by atomic mass is 19.1. The highest BCUT2D eigenvalue weighted by Crippen LogP contribution is 2.24. The van der Waals surface area contributed by atoms with Crippen molar-refractivity contribution in [1.82, 2.24) is 4.98 Å². The molecule has 1 N–H and O–H groups in total. The van der Waals surface area contributed by atoms with Gasteiger partial charge in [0.15, 0.2) is 0 Å². The van der Waals surface area contributed by atoms with E-state index >= 15 is 0 Å². The number of esters is 1. The minimum Gasteiger partial charge on any atom is -0.462 e. The molecular formula is C21H17FN2O4. The minimum absolute atomic E-state index is 0.273. The molecule has 3 aromatic rings. The Labute approximate surface area is 160 Å². The molecule has 7 heteroatoms. The Kier molecular flexibility index (Phi) is 5.96. The Bertz CT molecular complexity index is 990. The number of nitrogens with one attached hydrogen (secondary N) is 1. The Morgan fingerprint density at radius 2 is 1.82 bits per heavy atom. The zero-order valence-electron chi connectivity index (χ0n) is 15.0. The van der Waals surface area contributed by atoms with Gasteiger partial charge in [0, 0.05) is 23.6 Å². The summed E-state index contributed by atoms with van der Waals surface area (Å²) in [4.78, 5) is 28.0. The number of carbonyl (C=O) groups is 2. The molecule has 1 amide bonds. The lowest BCUT2D eigenvalue weighted by Gasteiger charge is -2.09. The van der Waals surface area contributed by atoms with Crippen molar-refractivity contribution in [1.29, 1.82) is 0 Å². The lowest BCUT2D eigenvalue weighted by molar-refractivity contribution is 0.0526. The zero-order chi connectivity index (χ0) is 19.9. The fraction of sp³-hybridized carbons (Fsp3) is 0.0952. The van der Waals surface area contributed by atoms with Crippen LogP contribution in [0.1, 0.15) is 17.3 Å². The Balaban J connectivity index is 1.73. The maximum Gasteiger partial charge on any atom is 0.417 e. The van der Waals surface area contributed by atoms with Crippen LogP contribution >= 0.6 is 0 Å². The lowest BCUT2D eigenvalue weighted by Crippen LogP contribution is -2.16. The molecule has 2 aromatic carbocycles. The van der Waals surface area contributed by atoms with Crippen LogP contribution in [0.25, 0.3) is 11.1 Å². The molecule has 0 spiro atoms. The first-order valence-electron chi connectivity index (χ1n) is 8.52. The molecule has 1 aromatic heterocycles. The van der Waals surface area contributed by atoms with Crippen LogP contribution in [-0.4, -0.2) is 23.7 Å². The number of anilines is 1. The smallest absolute Gasteiger partial charge is 0.417 e. The van der Waals surface area contributed by atoms with Gasteiger partial charge in [0.05, 0.1) is 12.2 Å². The van der Waals surface area contributed by atoms with Crippen molar-refractivity contribution in [2.45, 2.75) is 6.92 Å². The van der Waals surface area contributed by atoms with E-state index in [0.29, 0.717) is 28.1 Å². The van der Waals surface area contributed by atoms with Crippen LogP contribution in [0.5, 0.6) is 5.75 Å². The number of halogens is 1. The molecule has 0 aliphatic carbocycles. The maximum atomic E-state index is 12.9. The maximum absolute atomic E-state index is 12.9. The molecular weight excluding hydrogens is 363 g/mol. The summed E-state index contributed by atoms with van der Waals surface area (Å²) in [5.74, 6) is -0.549. The first-order valence-corrected chi connectivity index (χ1v) is 8.52. The predicted octanol–water partition coefficient (Wildman–Crippen LogP) is 4.68. The van der Waals surface area contributed by atoms with E-state index in [2.05, 4.69) is 10.3 Å². The van der Waals surface area contributed by atoms with Gasteiger partial charge in [0.1, 0.15) is 11.6 Å². The summed E-state index contributed by atoms with van der Waals surface area (Å²) in [7, 11) is 0. The lowest BCUT2D eigenvalue weighted by atomic mass is 10.1. The fourth-order valence-electron chi connectivity index (χ4n) is 2.45. The number of carbonyl (C=O) groups excluding carboxylic acids is 2. The van der Waals surface area contributed by atoms with E-state index in [1.54, 1.807) is 43.5 Å². The van der Waals surface area contributed by atoms with Crippen molar-refractivity contribution in [3.05, 3.63) is 78.4 Å². The van der Waals surface area contributed by atoms with Crippen LogP contribution in [0, 0.1) is 5.82 Å². The number of pyridine rings is 1. The summed E-state index contributed by atoms with van der Waals surface area (Å²) < 4.78 is 23.2. The van der Waals surface area contributed by atoms with E-state index in [4.69, 9.17) is 9.47 Å². The number of hydrogen-bond acceptors (Lipinski definition) is 5. The molecule has 0 fully saturated rings. The molecule has 28 heavy (non-hydrogen) atoms. The van der Waals surface area contributed by atoms with Gasteiger partial charge in [-0.2, -0.15) is 0 Å². The van der Waals surface area contributed by atoms with Crippen molar-refractivity contribution < 1.29 is 23.5 Å². The number of amides is 1. The number of hydrogen-bond donors (Lipinski definition) is 1. The largest absolute Gasteiger partial charge is 0.462 e. The second-order valence-electron chi connectivity index (χ2n) is 5.73. The summed E-state index contributed by atoms with van der Waals surface area (Å²) in [6.07, 6.45) is 2.32. The molecule has 3 rings (SSSR count). The molecule has 0 aliphatic rings. The molecule has 0 bridgehead atoms. The molecule has 0 aliphatic heterocycles. The van der Waals surface area contributed by atoms with Crippen molar-refractivity contribution in [2.24, 2.45) is 0 Å². The van der Waals surface area contributed by atoms with E-state index < -0.39 is 17.9 Å². The third-order valence-electron chi connectivity index (χ3n) is 3.72. The van der Waals surface area contributed by atoms with Crippen LogP contribution < -0.4 is 10.1 Å². The van der Waals surface area contributed by atoms with Gasteiger partial charge >= 0.3 is 12.1 Å². The molecule has 0 saturated carbocycles. The third kappa shape index (κ3) is 4.91. The summed E-state index contributed by atoms with van der Waals surface area (Å²) in [6, 6.07) is 13.8. The minimum atomic E-state index is -0.706. The first kappa shape index (κ1) is 19.0. The molecule has 0 atom stereocenters. The van der Waals surface area contributed by atoms with E-state index in [0.717, 1.165) is 0 Å². The first-order chi connectivity index (χ1) is 13.5. The van der Waals surface area contributed by atoms with Crippen molar-refractivity contribution in [3.8, 4) is 16.9 Å². The highest BCUT2D eigenvalue weighted by Gasteiger charge is 2.10. The van der Waals surface area contributed by atoms with Gasteiger partial charge < -0.3 is 9.47 Å².